The molecule has 2 rings (SSSR count). The number of esters is 1. The van der Waals surface area contributed by atoms with Crippen molar-refractivity contribution in [2.45, 2.75) is 20.5 Å². The Morgan fingerprint density at radius 2 is 2.24 bits per heavy atom. The fourth-order valence-electron chi connectivity index (χ4n) is 1.71. The molecule has 1 heterocycles. The second kappa shape index (κ2) is 6.49. The number of nitrogens with two attached hydrogens (primary N) is 1. The Hall–Kier alpha value is -2.21. The lowest BCUT2D eigenvalue weighted by Crippen LogP contribution is -2.10. The number of carbonyl (C=O) groups is 1. The minimum absolute atomic E-state index is 0.0904. The Labute approximate surface area is 126 Å². The molecule has 0 bridgehead atoms. The summed E-state index contributed by atoms with van der Waals surface area (Å²) >= 11 is 6.03. The molecule has 0 aliphatic heterocycles. The molecule has 0 aliphatic carbocycles. The minimum Gasteiger partial charge on any atom is -0.487 e. The zero-order chi connectivity index (χ0) is 15.4. The number of halogens is 1. The van der Waals surface area contributed by atoms with E-state index in [1.165, 1.54) is 0 Å². The van der Waals surface area contributed by atoms with E-state index in [0.29, 0.717) is 27.8 Å². The molecule has 2 aromatic rings. The van der Waals surface area contributed by atoms with Crippen molar-refractivity contribution in [2.75, 3.05) is 12.3 Å². The van der Waals surface area contributed by atoms with Crippen molar-refractivity contribution >= 4 is 23.3 Å². The van der Waals surface area contributed by atoms with Gasteiger partial charge in [-0.3, -0.25) is 0 Å². The smallest absolute Gasteiger partial charge is 0.360 e. The Bertz CT molecular complexity index is 654. The first-order chi connectivity index (χ1) is 10.0. The third kappa shape index (κ3) is 3.46. The van der Waals surface area contributed by atoms with Crippen LogP contribution < -0.4 is 10.5 Å². The molecule has 0 unspecified atom stereocenters. The molecular weight excluding hydrogens is 296 g/mol. The van der Waals surface area contributed by atoms with E-state index in [4.69, 9.17) is 31.3 Å². The number of hydrogen-bond acceptors (Lipinski definition) is 6. The topological polar surface area (TPSA) is 87.6 Å². The second-order valence-electron chi connectivity index (χ2n) is 4.26. The lowest BCUT2D eigenvalue weighted by Gasteiger charge is -2.08. The van der Waals surface area contributed by atoms with Gasteiger partial charge in [0.25, 0.3) is 0 Å². The van der Waals surface area contributed by atoms with Gasteiger partial charge in [0.15, 0.2) is 5.69 Å². The molecule has 1 aromatic carbocycles. The summed E-state index contributed by atoms with van der Waals surface area (Å²) in [7, 11) is 0. The van der Waals surface area contributed by atoms with Crippen LogP contribution in [-0.2, 0) is 11.3 Å². The highest BCUT2D eigenvalue weighted by atomic mass is 35.5. The maximum atomic E-state index is 11.8. The third-order valence-corrected chi connectivity index (χ3v) is 3.08. The molecule has 6 nitrogen and oxygen atoms in total. The van der Waals surface area contributed by atoms with E-state index in [9.17, 15) is 4.79 Å². The zero-order valence-electron chi connectivity index (χ0n) is 11.7. The second-order valence-corrected chi connectivity index (χ2v) is 4.67. The maximum Gasteiger partial charge on any atom is 0.360 e. The first-order valence-corrected chi connectivity index (χ1v) is 6.70. The van der Waals surface area contributed by atoms with Gasteiger partial charge in [-0.1, -0.05) is 16.8 Å². The lowest BCUT2D eigenvalue weighted by molar-refractivity contribution is 0.0512. The first kappa shape index (κ1) is 15.2. The highest BCUT2D eigenvalue weighted by molar-refractivity contribution is 6.32. The Morgan fingerprint density at radius 1 is 1.48 bits per heavy atom. The number of benzene rings is 1. The van der Waals surface area contributed by atoms with Crippen molar-refractivity contribution in [1.82, 2.24) is 5.16 Å². The van der Waals surface area contributed by atoms with Gasteiger partial charge in [0.1, 0.15) is 18.1 Å². The number of aryl methyl sites for hydroxylation is 1. The average Bonchev–Trinajstić information content (AvgIpc) is 2.79. The third-order valence-electron chi connectivity index (χ3n) is 2.78. The van der Waals surface area contributed by atoms with Crippen LogP contribution in [0.3, 0.4) is 0 Å². The molecular formula is C14H15ClN2O4. The average molecular weight is 311 g/mol. The van der Waals surface area contributed by atoms with E-state index < -0.39 is 5.97 Å². The number of ether oxygens (including phenoxy) is 2. The summed E-state index contributed by atoms with van der Waals surface area (Å²) < 4.78 is 15.5. The van der Waals surface area contributed by atoms with Crippen molar-refractivity contribution in [3.05, 3.63) is 40.2 Å². The molecule has 2 N–H and O–H groups in total. The van der Waals surface area contributed by atoms with Gasteiger partial charge in [-0.05, 0) is 32.0 Å². The Morgan fingerprint density at radius 3 is 2.90 bits per heavy atom. The van der Waals surface area contributed by atoms with Crippen molar-refractivity contribution in [3.8, 4) is 5.75 Å². The van der Waals surface area contributed by atoms with Gasteiger partial charge in [-0.2, -0.15) is 0 Å². The number of nitrogen functional groups attached to an aromatic ring is 1. The highest BCUT2D eigenvalue weighted by Gasteiger charge is 2.21. The highest BCUT2D eigenvalue weighted by Crippen LogP contribution is 2.28. The molecule has 0 spiro atoms. The molecule has 7 heteroatoms. The Kier molecular flexibility index (Phi) is 4.70. The number of hydrogen-bond donors (Lipinski definition) is 1. The predicted molar refractivity (Wildman–Crippen MR) is 77.4 cm³/mol. The van der Waals surface area contributed by atoms with Crippen LogP contribution in [0.5, 0.6) is 5.75 Å². The molecule has 0 saturated heterocycles. The molecule has 0 fully saturated rings. The van der Waals surface area contributed by atoms with E-state index in [1.807, 2.05) is 0 Å². The van der Waals surface area contributed by atoms with Crippen LogP contribution >= 0.6 is 11.6 Å². The summed E-state index contributed by atoms with van der Waals surface area (Å²) in [5.74, 6) is 0.405. The molecule has 21 heavy (non-hydrogen) atoms. The van der Waals surface area contributed by atoms with E-state index in [0.717, 1.165) is 0 Å². The summed E-state index contributed by atoms with van der Waals surface area (Å²) in [4.78, 5) is 11.8. The van der Waals surface area contributed by atoms with Gasteiger partial charge in [-0.25, -0.2) is 4.79 Å². The van der Waals surface area contributed by atoms with Gasteiger partial charge < -0.3 is 19.7 Å². The number of nitrogens with zero attached hydrogens (tertiary/aromatic N) is 1. The minimum atomic E-state index is -0.545. The van der Waals surface area contributed by atoms with E-state index >= 15 is 0 Å². The Balaban J connectivity index is 2.16. The molecule has 0 saturated carbocycles. The summed E-state index contributed by atoms with van der Waals surface area (Å²) in [5, 5.41) is 4.09. The molecule has 0 radical (unpaired) electrons. The molecule has 0 aliphatic rings. The maximum absolute atomic E-state index is 11.8. The van der Waals surface area contributed by atoms with Crippen LogP contribution in [0.15, 0.2) is 22.7 Å². The fraction of sp³-hybridized carbons (Fsp3) is 0.286. The van der Waals surface area contributed by atoms with Gasteiger partial charge in [0.2, 0.25) is 0 Å². The summed E-state index contributed by atoms with van der Waals surface area (Å²) in [6.45, 7) is 3.76. The van der Waals surface area contributed by atoms with Crippen LogP contribution in [0.2, 0.25) is 5.02 Å². The molecule has 0 amide bonds. The van der Waals surface area contributed by atoms with E-state index in [1.54, 1.807) is 32.0 Å². The van der Waals surface area contributed by atoms with Crippen molar-refractivity contribution < 1.29 is 18.8 Å². The number of carbonyl (C=O) groups excluding carboxylic acids is 1. The summed E-state index contributed by atoms with van der Waals surface area (Å²) in [6, 6.07) is 4.92. The first-order valence-electron chi connectivity index (χ1n) is 6.33. The summed E-state index contributed by atoms with van der Waals surface area (Å²) in [5.41, 5.74) is 6.80. The van der Waals surface area contributed by atoms with Crippen LogP contribution in [0.1, 0.15) is 28.7 Å². The van der Waals surface area contributed by atoms with Crippen LogP contribution in [0, 0.1) is 6.92 Å². The standard InChI is InChI=1S/C14H15ClN2O4/c1-3-19-14(18)13-10(8(2)21-17-13)7-20-12-5-4-9(16)6-11(12)15/h4-6H,3,7,16H2,1-2H3. The normalized spacial score (nSPS) is 10.4. The molecule has 0 atom stereocenters. The van der Waals surface area contributed by atoms with Crippen LogP contribution in [0.25, 0.3) is 0 Å². The zero-order valence-corrected chi connectivity index (χ0v) is 12.4. The molecule has 112 valence electrons. The van der Waals surface area contributed by atoms with Gasteiger partial charge in [0, 0.05) is 5.69 Å². The predicted octanol–water partition coefficient (Wildman–Crippen LogP) is 2.97. The number of anilines is 1. The fourth-order valence-corrected chi connectivity index (χ4v) is 1.95. The van der Waals surface area contributed by atoms with Crippen LogP contribution in [-0.4, -0.2) is 17.7 Å². The van der Waals surface area contributed by atoms with Gasteiger partial charge in [-0.15, -0.1) is 0 Å². The van der Waals surface area contributed by atoms with E-state index in [2.05, 4.69) is 5.16 Å². The summed E-state index contributed by atoms with van der Waals surface area (Å²) in [6.07, 6.45) is 0. The van der Waals surface area contributed by atoms with Gasteiger partial charge in [0.05, 0.1) is 17.2 Å². The van der Waals surface area contributed by atoms with Crippen molar-refractivity contribution in [2.24, 2.45) is 0 Å². The van der Waals surface area contributed by atoms with E-state index in [-0.39, 0.29) is 18.9 Å². The number of rotatable bonds is 5. The molecule has 1 aromatic heterocycles. The van der Waals surface area contributed by atoms with Crippen molar-refractivity contribution in [3.63, 3.8) is 0 Å². The van der Waals surface area contributed by atoms with Crippen molar-refractivity contribution in [1.29, 1.82) is 0 Å². The lowest BCUT2D eigenvalue weighted by atomic mass is 10.2. The van der Waals surface area contributed by atoms with Gasteiger partial charge >= 0.3 is 5.97 Å². The SMILES string of the molecule is CCOC(=O)c1noc(C)c1COc1ccc(N)cc1Cl. The van der Waals surface area contributed by atoms with Crippen LogP contribution in [0.4, 0.5) is 5.69 Å². The quantitative estimate of drug-likeness (QED) is 0.674. The number of aromatic nitrogens is 1. The largest absolute Gasteiger partial charge is 0.487 e. The monoisotopic (exact) mass is 310 g/mol.